The molecule has 0 bridgehead atoms. The van der Waals surface area contributed by atoms with Crippen LogP contribution in [0.5, 0.6) is 0 Å². The van der Waals surface area contributed by atoms with Crippen LogP contribution in [0.2, 0.25) is 0 Å². The monoisotopic (exact) mass is 234 g/mol. The van der Waals surface area contributed by atoms with Gasteiger partial charge in [0.1, 0.15) is 0 Å². The average molecular weight is 234 g/mol. The van der Waals surface area contributed by atoms with Crippen molar-refractivity contribution in [1.82, 2.24) is 9.62 Å². The molecular formula is C10H22N2O2S. The minimum Gasteiger partial charge on any atom is -0.314 e. The van der Waals surface area contributed by atoms with Gasteiger partial charge in [0.05, 0.1) is 5.75 Å². The summed E-state index contributed by atoms with van der Waals surface area (Å²) in [6.07, 6.45) is 4.12. The summed E-state index contributed by atoms with van der Waals surface area (Å²) in [6, 6.07) is 0. The van der Waals surface area contributed by atoms with Crippen molar-refractivity contribution >= 4 is 10.0 Å². The number of hydrogen-bond acceptors (Lipinski definition) is 3. The van der Waals surface area contributed by atoms with E-state index in [1.54, 1.807) is 4.31 Å². The lowest BCUT2D eigenvalue weighted by Crippen LogP contribution is -2.47. The van der Waals surface area contributed by atoms with E-state index in [1.807, 2.05) is 0 Å². The van der Waals surface area contributed by atoms with Crippen LogP contribution in [0, 0.1) is 0 Å². The molecule has 0 aromatic heterocycles. The van der Waals surface area contributed by atoms with Gasteiger partial charge in [-0.2, -0.15) is 4.31 Å². The van der Waals surface area contributed by atoms with E-state index in [1.165, 1.54) is 0 Å². The summed E-state index contributed by atoms with van der Waals surface area (Å²) in [6.45, 7) is 4.97. The molecule has 5 heteroatoms. The van der Waals surface area contributed by atoms with E-state index in [4.69, 9.17) is 0 Å². The molecule has 1 rings (SSSR count). The summed E-state index contributed by atoms with van der Waals surface area (Å²) in [5.74, 6) is 0.326. The van der Waals surface area contributed by atoms with E-state index in [0.29, 0.717) is 18.8 Å². The Bertz CT molecular complexity index is 259. The molecule has 1 aliphatic heterocycles. The highest BCUT2D eigenvalue weighted by Gasteiger charge is 2.22. The van der Waals surface area contributed by atoms with E-state index in [0.717, 1.165) is 38.8 Å². The van der Waals surface area contributed by atoms with E-state index in [9.17, 15) is 8.42 Å². The lowest BCUT2D eigenvalue weighted by molar-refractivity contribution is 0.359. The zero-order valence-electron chi connectivity index (χ0n) is 9.54. The number of rotatable bonds is 6. The van der Waals surface area contributed by atoms with Crippen LogP contribution in [0.15, 0.2) is 0 Å². The molecule has 0 unspecified atom stereocenters. The van der Waals surface area contributed by atoms with Crippen molar-refractivity contribution in [2.45, 2.75) is 32.6 Å². The second-order valence-electron chi connectivity index (χ2n) is 4.03. The van der Waals surface area contributed by atoms with Gasteiger partial charge in [-0.1, -0.05) is 26.2 Å². The van der Waals surface area contributed by atoms with Crippen molar-refractivity contribution in [3.05, 3.63) is 0 Å². The van der Waals surface area contributed by atoms with E-state index >= 15 is 0 Å². The third-order valence-corrected chi connectivity index (χ3v) is 4.68. The van der Waals surface area contributed by atoms with Gasteiger partial charge in [-0.3, -0.25) is 0 Å². The highest BCUT2D eigenvalue weighted by molar-refractivity contribution is 7.89. The normalized spacial score (nSPS) is 19.3. The Morgan fingerprint density at radius 3 is 2.40 bits per heavy atom. The molecule has 90 valence electrons. The highest BCUT2D eigenvalue weighted by Crippen LogP contribution is 2.07. The predicted molar refractivity (Wildman–Crippen MR) is 62.4 cm³/mol. The molecule has 0 radical (unpaired) electrons. The summed E-state index contributed by atoms with van der Waals surface area (Å²) in [5, 5.41) is 3.16. The average Bonchev–Trinajstić information content (AvgIpc) is 2.26. The van der Waals surface area contributed by atoms with Crippen LogP contribution in [0.4, 0.5) is 0 Å². The molecule has 0 aromatic rings. The lowest BCUT2D eigenvalue weighted by Gasteiger charge is -2.26. The summed E-state index contributed by atoms with van der Waals surface area (Å²) in [5.41, 5.74) is 0. The first-order chi connectivity index (χ1) is 7.17. The molecular weight excluding hydrogens is 212 g/mol. The number of piperazine rings is 1. The van der Waals surface area contributed by atoms with Gasteiger partial charge >= 0.3 is 0 Å². The summed E-state index contributed by atoms with van der Waals surface area (Å²) >= 11 is 0. The zero-order valence-corrected chi connectivity index (χ0v) is 10.4. The first kappa shape index (κ1) is 12.9. The van der Waals surface area contributed by atoms with Crippen LogP contribution in [-0.2, 0) is 10.0 Å². The number of unbranched alkanes of at least 4 members (excludes halogenated alkanes) is 3. The van der Waals surface area contributed by atoms with Crippen LogP contribution in [0.25, 0.3) is 0 Å². The van der Waals surface area contributed by atoms with Crippen LogP contribution < -0.4 is 5.32 Å². The molecule has 0 aliphatic carbocycles. The van der Waals surface area contributed by atoms with Gasteiger partial charge in [0, 0.05) is 26.2 Å². The number of sulfonamides is 1. The summed E-state index contributed by atoms with van der Waals surface area (Å²) in [7, 11) is -2.97. The number of nitrogens with one attached hydrogen (secondary N) is 1. The first-order valence-corrected chi connectivity index (χ1v) is 7.46. The van der Waals surface area contributed by atoms with Gasteiger partial charge in [0.25, 0.3) is 0 Å². The molecule has 0 saturated carbocycles. The highest BCUT2D eigenvalue weighted by atomic mass is 32.2. The molecule has 1 saturated heterocycles. The van der Waals surface area contributed by atoms with Crippen LogP contribution in [0.3, 0.4) is 0 Å². The molecule has 1 aliphatic rings. The number of nitrogens with zero attached hydrogens (tertiary/aromatic N) is 1. The maximum absolute atomic E-state index is 11.8. The summed E-state index contributed by atoms with van der Waals surface area (Å²) in [4.78, 5) is 0. The standard InChI is InChI=1S/C10H22N2O2S/c1-2-3-4-5-10-15(13,14)12-8-6-11-7-9-12/h11H,2-10H2,1H3. The van der Waals surface area contributed by atoms with Crippen molar-refractivity contribution in [3.8, 4) is 0 Å². The van der Waals surface area contributed by atoms with Gasteiger partial charge in [-0.05, 0) is 6.42 Å². The predicted octanol–water partition coefficient (Wildman–Crippen LogP) is 0.802. The van der Waals surface area contributed by atoms with Crippen molar-refractivity contribution < 1.29 is 8.42 Å². The van der Waals surface area contributed by atoms with Gasteiger partial charge in [0.2, 0.25) is 10.0 Å². The van der Waals surface area contributed by atoms with Crippen molar-refractivity contribution in [1.29, 1.82) is 0 Å². The fourth-order valence-electron chi connectivity index (χ4n) is 1.76. The third kappa shape index (κ3) is 4.49. The maximum atomic E-state index is 11.8. The van der Waals surface area contributed by atoms with E-state index < -0.39 is 10.0 Å². The van der Waals surface area contributed by atoms with Crippen molar-refractivity contribution in [3.63, 3.8) is 0 Å². The fraction of sp³-hybridized carbons (Fsp3) is 1.00. The first-order valence-electron chi connectivity index (χ1n) is 5.85. The van der Waals surface area contributed by atoms with Crippen molar-refractivity contribution in [2.75, 3.05) is 31.9 Å². The second kappa shape index (κ2) is 6.45. The molecule has 0 spiro atoms. The minimum atomic E-state index is -2.97. The molecule has 1 fully saturated rings. The molecule has 4 nitrogen and oxygen atoms in total. The lowest BCUT2D eigenvalue weighted by atomic mass is 10.2. The number of hydrogen-bond donors (Lipinski definition) is 1. The second-order valence-corrected chi connectivity index (χ2v) is 6.11. The van der Waals surface area contributed by atoms with Gasteiger partial charge in [0.15, 0.2) is 0 Å². The molecule has 1 N–H and O–H groups in total. The van der Waals surface area contributed by atoms with Gasteiger partial charge in [-0.25, -0.2) is 8.42 Å². The molecule has 0 atom stereocenters. The molecule has 1 heterocycles. The summed E-state index contributed by atoms with van der Waals surface area (Å²) < 4.78 is 25.3. The molecule has 0 aromatic carbocycles. The Hall–Kier alpha value is -0.130. The van der Waals surface area contributed by atoms with Crippen LogP contribution >= 0.6 is 0 Å². The van der Waals surface area contributed by atoms with E-state index in [-0.39, 0.29) is 0 Å². The minimum absolute atomic E-state index is 0.326. The quantitative estimate of drug-likeness (QED) is 0.692. The molecule has 0 amide bonds. The maximum Gasteiger partial charge on any atom is 0.214 e. The topological polar surface area (TPSA) is 49.4 Å². The Labute approximate surface area is 93.1 Å². The largest absolute Gasteiger partial charge is 0.314 e. The molecule has 15 heavy (non-hydrogen) atoms. The Balaban J connectivity index is 2.30. The Morgan fingerprint density at radius 1 is 1.13 bits per heavy atom. The smallest absolute Gasteiger partial charge is 0.214 e. The van der Waals surface area contributed by atoms with Crippen LogP contribution in [0.1, 0.15) is 32.6 Å². The van der Waals surface area contributed by atoms with Gasteiger partial charge < -0.3 is 5.32 Å². The Morgan fingerprint density at radius 2 is 1.80 bits per heavy atom. The Kier molecular flexibility index (Phi) is 5.56. The van der Waals surface area contributed by atoms with Crippen molar-refractivity contribution in [2.24, 2.45) is 0 Å². The van der Waals surface area contributed by atoms with Crippen LogP contribution in [-0.4, -0.2) is 44.7 Å². The third-order valence-electron chi connectivity index (χ3n) is 2.73. The van der Waals surface area contributed by atoms with Gasteiger partial charge in [-0.15, -0.1) is 0 Å². The zero-order chi connectivity index (χ0) is 11.1. The SMILES string of the molecule is CCCCCCS(=O)(=O)N1CCNCC1. The fourth-order valence-corrected chi connectivity index (χ4v) is 3.33. The van der Waals surface area contributed by atoms with E-state index in [2.05, 4.69) is 12.2 Å².